The van der Waals surface area contributed by atoms with E-state index >= 15 is 0 Å². The zero-order valence-electron chi connectivity index (χ0n) is 14.7. The average Bonchev–Trinajstić information content (AvgIpc) is 2.36. The highest BCUT2D eigenvalue weighted by Crippen LogP contribution is 2.33. The first kappa shape index (κ1) is 17.7. The van der Waals surface area contributed by atoms with Crippen LogP contribution in [0.1, 0.15) is 58.6 Å². The molecule has 0 unspecified atom stereocenters. The monoisotopic (exact) mass is 290 g/mol. The van der Waals surface area contributed by atoms with Crippen LogP contribution in [0.2, 0.25) is 0 Å². The summed E-state index contributed by atoms with van der Waals surface area (Å²) in [5.74, 6) is 1.27. The Morgan fingerprint density at radius 2 is 1.71 bits per heavy atom. The van der Waals surface area contributed by atoms with Crippen LogP contribution in [-0.4, -0.2) is 12.4 Å². The van der Waals surface area contributed by atoms with Gasteiger partial charge in [0.05, 0.1) is 6.61 Å². The maximum atomic E-state index is 12.4. The average molecular weight is 290 g/mol. The van der Waals surface area contributed by atoms with Crippen LogP contribution in [0.25, 0.3) is 0 Å². The number of aryl methyl sites for hydroxylation is 2. The Morgan fingerprint density at radius 1 is 1.10 bits per heavy atom. The molecule has 0 N–H and O–H groups in total. The van der Waals surface area contributed by atoms with Crippen LogP contribution in [-0.2, 0) is 4.79 Å². The largest absolute Gasteiger partial charge is 0.493 e. The number of hydrogen-bond donors (Lipinski definition) is 0. The van der Waals surface area contributed by atoms with E-state index < -0.39 is 0 Å². The summed E-state index contributed by atoms with van der Waals surface area (Å²) in [6.45, 7) is 14.8. The molecule has 0 fully saturated rings. The minimum absolute atomic E-state index is 0.280. The number of hydrogen-bond acceptors (Lipinski definition) is 2. The molecule has 0 amide bonds. The van der Waals surface area contributed by atoms with Crippen LogP contribution in [0.15, 0.2) is 18.2 Å². The molecule has 0 bridgehead atoms. The Morgan fingerprint density at radius 3 is 2.29 bits per heavy atom. The van der Waals surface area contributed by atoms with Crippen LogP contribution in [0.5, 0.6) is 5.75 Å². The van der Waals surface area contributed by atoms with Crippen LogP contribution < -0.4 is 4.74 Å². The van der Waals surface area contributed by atoms with Crippen LogP contribution in [0.4, 0.5) is 0 Å². The van der Waals surface area contributed by atoms with Gasteiger partial charge in [-0.3, -0.25) is 4.79 Å². The standard InChI is InChI=1S/C19H30O2/c1-14-9-10-15(2)16(13-14)21-12-8-11-19(6,7)17(20)18(3,4)5/h9-10,13H,8,11-12H2,1-7H3. The summed E-state index contributed by atoms with van der Waals surface area (Å²) in [5.41, 5.74) is 1.80. The lowest BCUT2D eigenvalue weighted by Gasteiger charge is -2.30. The van der Waals surface area contributed by atoms with E-state index in [9.17, 15) is 4.79 Å². The molecule has 0 saturated heterocycles. The summed E-state index contributed by atoms with van der Waals surface area (Å²) in [6.07, 6.45) is 1.75. The van der Waals surface area contributed by atoms with Crippen molar-refractivity contribution in [1.29, 1.82) is 0 Å². The van der Waals surface area contributed by atoms with Crippen molar-refractivity contribution in [3.63, 3.8) is 0 Å². The normalized spacial score (nSPS) is 12.3. The van der Waals surface area contributed by atoms with Crippen molar-refractivity contribution in [2.45, 2.75) is 61.3 Å². The minimum Gasteiger partial charge on any atom is -0.493 e. The van der Waals surface area contributed by atoms with Crippen molar-refractivity contribution in [3.05, 3.63) is 29.3 Å². The van der Waals surface area contributed by atoms with Crippen molar-refractivity contribution in [2.75, 3.05) is 6.61 Å². The summed E-state index contributed by atoms with van der Waals surface area (Å²) in [7, 11) is 0. The topological polar surface area (TPSA) is 26.3 Å². The van der Waals surface area contributed by atoms with Gasteiger partial charge >= 0.3 is 0 Å². The van der Waals surface area contributed by atoms with Gasteiger partial charge in [0, 0.05) is 10.8 Å². The number of rotatable bonds is 6. The van der Waals surface area contributed by atoms with Gasteiger partial charge in [0.25, 0.3) is 0 Å². The second-order valence-corrected chi connectivity index (χ2v) is 7.68. The molecule has 0 aromatic heterocycles. The van der Waals surface area contributed by atoms with Crippen molar-refractivity contribution in [2.24, 2.45) is 10.8 Å². The summed E-state index contributed by atoms with van der Waals surface area (Å²) < 4.78 is 5.87. The van der Waals surface area contributed by atoms with E-state index in [1.165, 1.54) is 5.56 Å². The molecule has 0 radical (unpaired) electrons. The van der Waals surface area contributed by atoms with Gasteiger partial charge in [-0.05, 0) is 43.9 Å². The van der Waals surface area contributed by atoms with Gasteiger partial charge in [0.1, 0.15) is 11.5 Å². The fourth-order valence-corrected chi connectivity index (χ4v) is 2.69. The van der Waals surface area contributed by atoms with Gasteiger partial charge in [-0.15, -0.1) is 0 Å². The molecule has 21 heavy (non-hydrogen) atoms. The Balaban J connectivity index is 2.50. The highest BCUT2D eigenvalue weighted by Gasteiger charge is 2.35. The molecule has 0 atom stereocenters. The molecule has 0 aliphatic carbocycles. The zero-order valence-corrected chi connectivity index (χ0v) is 14.7. The molecular formula is C19H30O2. The van der Waals surface area contributed by atoms with Crippen LogP contribution in [0, 0.1) is 24.7 Å². The number of ketones is 1. The first-order valence-electron chi connectivity index (χ1n) is 7.79. The SMILES string of the molecule is Cc1ccc(C)c(OCCCC(C)(C)C(=O)C(C)(C)C)c1. The quantitative estimate of drug-likeness (QED) is 0.681. The second kappa shape index (κ2) is 6.64. The van der Waals surface area contributed by atoms with E-state index in [4.69, 9.17) is 4.74 Å². The van der Waals surface area contributed by atoms with Gasteiger partial charge in [0.2, 0.25) is 0 Å². The molecule has 118 valence electrons. The van der Waals surface area contributed by atoms with E-state index in [-0.39, 0.29) is 10.8 Å². The van der Waals surface area contributed by atoms with Crippen molar-refractivity contribution < 1.29 is 9.53 Å². The van der Waals surface area contributed by atoms with Gasteiger partial charge in [-0.1, -0.05) is 46.8 Å². The highest BCUT2D eigenvalue weighted by atomic mass is 16.5. The number of ether oxygens (including phenoxy) is 1. The molecule has 1 aromatic rings. The maximum Gasteiger partial charge on any atom is 0.143 e. The molecule has 2 heteroatoms. The third-order valence-corrected chi connectivity index (χ3v) is 3.84. The molecule has 0 heterocycles. The lowest BCUT2D eigenvalue weighted by Crippen LogP contribution is -2.35. The third kappa shape index (κ3) is 5.18. The Bertz CT molecular complexity index is 493. The first-order valence-corrected chi connectivity index (χ1v) is 7.79. The van der Waals surface area contributed by atoms with Gasteiger partial charge in [-0.25, -0.2) is 0 Å². The predicted molar refractivity (Wildman–Crippen MR) is 88.9 cm³/mol. The number of carbonyl (C=O) groups excluding carboxylic acids is 1. The molecular weight excluding hydrogens is 260 g/mol. The van der Waals surface area contributed by atoms with Gasteiger partial charge in [-0.2, -0.15) is 0 Å². The molecule has 0 saturated carbocycles. The fourth-order valence-electron chi connectivity index (χ4n) is 2.69. The number of Topliss-reactive ketones (excluding diaryl/α,β-unsaturated/α-hetero) is 1. The lowest BCUT2D eigenvalue weighted by atomic mass is 9.72. The smallest absolute Gasteiger partial charge is 0.143 e. The summed E-state index contributed by atoms with van der Waals surface area (Å²) >= 11 is 0. The maximum absolute atomic E-state index is 12.4. The van der Waals surface area contributed by atoms with Crippen LogP contribution in [0.3, 0.4) is 0 Å². The van der Waals surface area contributed by atoms with E-state index in [1.54, 1.807) is 0 Å². The zero-order chi connectivity index (χ0) is 16.3. The van der Waals surface area contributed by atoms with Crippen molar-refractivity contribution in [1.82, 2.24) is 0 Å². The van der Waals surface area contributed by atoms with Crippen molar-refractivity contribution in [3.8, 4) is 5.75 Å². The van der Waals surface area contributed by atoms with Crippen molar-refractivity contribution >= 4 is 5.78 Å². The second-order valence-electron chi connectivity index (χ2n) is 7.68. The molecule has 0 aliphatic heterocycles. The van der Waals surface area contributed by atoms with E-state index in [0.717, 1.165) is 24.2 Å². The van der Waals surface area contributed by atoms with Gasteiger partial charge in [0.15, 0.2) is 0 Å². The fraction of sp³-hybridized carbons (Fsp3) is 0.632. The molecule has 1 aromatic carbocycles. The number of carbonyl (C=O) groups is 1. The van der Waals surface area contributed by atoms with E-state index in [0.29, 0.717) is 12.4 Å². The van der Waals surface area contributed by atoms with Gasteiger partial charge < -0.3 is 4.74 Å². The van der Waals surface area contributed by atoms with E-state index in [1.807, 2.05) is 34.6 Å². The number of benzene rings is 1. The summed E-state index contributed by atoms with van der Waals surface area (Å²) in [5, 5.41) is 0. The minimum atomic E-state index is -0.288. The van der Waals surface area contributed by atoms with Crippen LogP contribution >= 0.6 is 0 Å². The summed E-state index contributed by atoms with van der Waals surface area (Å²) in [4.78, 5) is 12.4. The highest BCUT2D eigenvalue weighted by molar-refractivity contribution is 5.88. The van der Waals surface area contributed by atoms with E-state index in [2.05, 4.69) is 32.0 Å². The molecule has 0 spiro atoms. The Labute approximate surface area is 129 Å². The lowest BCUT2D eigenvalue weighted by molar-refractivity contribution is -0.135. The summed E-state index contributed by atoms with van der Waals surface area (Å²) in [6, 6.07) is 6.24. The molecule has 0 aliphatic rings. The Kier molecular flexibility index (Phi) is 5.61. The molecule has 1 rings (SSSR count). The molecule has 2 nitrogen and oxygen atoms in total. The predicted octanol–water partition coefficient (Wildman–Crippen LogP) is 5.10. The third-order valence-electron chi connectivity index (χ3n) is 3.84. The Hall–Kier alpha value is -1.31. The first-order chi connectivity index (χ1) is 9.54.